The van der Waals surface area contributed by atoms with Crippen molar-refractivity contribution in [3.05, 3.63) is 24.3 Å². The number of anilines is 1. The molecule has 0 spiro atoms. The van der Waals surface area contributed by atoms with Crippen LogP contribution in [0.25, 0.3) is 0 Å². The molecule has 0 aliphatic heterocycles. The maximum Gasteiger partial charge on any atom is 0.240 e. The van der Waals surface area contributed by atoms with Gasteiger partial charge in [-0.2, -0.15) is 0 Å². The van der Waals surface area contributed by atoms with E-state index in [4.69, 9.17) is 0 Å². The summed E-state index contributed by atoms with van der Waals surface area (Å²) in [5, 5.41) is 2.61. The van der Waals surface area contributed by atoms with Gasteiger partial charge in [-0.15, -0.1) is 0 Å². The minimum Gasteiger partial charge on any atom is -0.326 e. The van der Waals surface area contributed by atoms with Crippen molar-refractivity contribution in [3.63, 3.8) is 0 Å². The molecule has 0 fully saturated rings. The van der Waals surface area contributed by atoms with Crippen LogP contribution >= 0.6 is 0 Å². The van der Waals surface area contributed by atoms with Crippen LogP contribution in [-0.4, -0.2) is 26.2 Å². The minimum atomic E-state index is -3.53. The number of hydrogen-bond acceptors (Lipinski definition) is 4. The van der Waals surface area contributed by atoms with E-state index in [1.807, 2.05) is 0 Å². The van der Waals surface area contributed by atoms with Crippen LogP contribution in [0.3, 0.4) is 0 Å². The van der Waals surface area contributed by atoms with Crippen LogP contribution in [0.2, 0.25) is 0 Å². The quantitative estimate of drug-likeness (QED) is 0.801. The number of rotatable bonds is 7. The molecule has 0 unspecified atom stereocenters. The van der Waals surface area contributed by atoms with Gasteiger partial charge in [-0.25, -0.2) is 13.1 Å². The lowest BCUT2D eigenvalue weighted by Gasteiger charge is -2.10. The number of carbonyl (C=O) groups excluding carboxylic acids is 2. The Labute approximate surface area is 125 Å². The number of Topliss-reactive ketones (excluding diaryl/α,β-unsaturated/α-hetero) is 1. The fourth-order valence-corrected chi connectivity index (χ4v) is 2.86. The molecule has 0 aliphatic rings. The molecule has 1 aromatic carbocycles. The number of amides is 1. The van der Waals surface area contributed by atoms with Gasteiger partial charge in [0.25, 0.3) is 0 Å². The van der Waals surface area contributed by atoms with Crippen molar-refractivity contribution in [2.75, 3.05) is 5.32 Å². The van der Waals surface area contributed by atoms with Crippen LogP contribution in [0.5, 0.6) is 0 Å². The molecule has 0 atom stereocenters. The summed E-state index contributed by atoms with van der Waals surface area (Å²) in [5.74, 6) is -0.326. The number of ketones is 1. The summed E-state index contributed by atoms with van der Waals surface area (Å²) < 4.78 is 26.3. The third-order valence-electron chi connectivity index (χ3n) is 2.54. The lowest BCUT2D eigenvalue weighted by molar-refractivity contribution is -0.121. The van der Waals surface area contributed by atoms with Gasteiger partial charge >= 0.3 is 0 Å². The molecule has 1 aromatic rings. The normalized spacial score (nSPS) is 11.4. The van der Waals surface area contributed by atoms with E-state index in [0.29, 0.717) is 5.69 Å². The van der Waals surface area contributed by atoms with E-state index in [1.165, 1.54) is 31.2 Å². The summed E-state index contributed by atoms with van der Waals surface area (Å²) in [6, 6.07) is 5.68. The maximum atomic E-state index is 11.9. The van der Waals surface area contributed by atoms with Crippen molar-refractivity contribution in [2.45, 2.75) is 44.6 Å². The number of benzene rings is 1. The van der Waals surface area contributed by atoms with E-state index in [1.54, 1.807) is 13.8 Å². The van der Waals surface area contributed by atoms with Gasteiger partial charge < -0.3 is 10.1 Å². The van der Waals surface area contributed by atoms with Gasteiger partial charge in [0.15, 0.2) is 0 Å². The zero-order valence-electron chi connectivity index (χ0n) is 12.3. The monoisotopic (exact) mass is 312 g/mol. The highest BCUT2D eigenvalue weighted by Crippen LogP contribution is 2.14. The van der Waals surface area contributed by atoms with Crippen molar-refractivity contribution in [2.24, 2.45) is 0 Å². The minimum absolute atomic E-state index is 0.0497. The molecule has 2 N–H and O–H groups in total. The summed E-state index contributed by atoms with van der Waals surface area (Å²) >= 11 is 0. The van der Waals surface area contributed by atoms with Gasteiger partial charge in [-0.3, -0.25) is 4.79 Å². The summed E-state index contributed by atoms with van der Waals surface area (Å²) in [7, 11) is -3.53. The Kier molecular flexibility index (Phi) is 6.04. The summed E-state index contributed by atoms with van der Waals surface area (Å²) in [6.45, 7) is 4.90. The highest BCUT2D eigenvalue weighted by Gasteiger charge is 2.15. The second-order valence-electron chi connectivity index (χ2n) is 5.05. The van der Waals surface area contributed by atoms with E-state index in [0.717, 1.165) is 0 Å². The van der Waals surface area contributed by atoms with E-state index in [9.17, 15) is 18.0 Å². The first-order chi connectivity index (χ1) is 9.70. The first kappa shape index (κ1) is 17.3. The third-order valence-corrected chi connectivity index (χ3v) is 4.22. The SMILES string of the molecule is CC(=O)CCC(=O)Nc1ccc(S(=O)(=O)NC(C)C)cc1. The second kappa shape index (κ2) is 7.33. The lowest BCUT2D eigenvalue weighted by atomic mass is 10.2. The topological polar surface area (TPSA) is 92.3 Å². The van der Waals surface area contributed by atoms with Crippen LogP contribution in [0.15, 0.2) is 29.2 Å². The van der Waals surface area contributed by atoms with Gasteiger partial charge in [0.05, 0.1) is 4.90 Å². The molecular weight excluding hydrogens is 292 g/mol. The fourth-order valence-electron chi connectivity index (χ4n) is 1.61. The van der Waals surface area contributed by atoms with Crippen LogP contribution in [0.1, 0.15) is 33.6 Å². The standard InChI is InChI=1S/C14H20N2O4S/c1-10(2)16-21(19,20)13-7-5-12(6-8-13)15-14(18)9-4-11(3)17/h5-8,10,16H,4,9H2,1-3H3,(H,15,18). The zero-order valence-corrected chi connectivity index (χ0v) is 13.2. The summed E-state index contributed by atoms with van der Waals surface area (Å²) in [5.41, 5.74) is 0.493. The largest absolute Gasteiger partial charge is 0.326 e. The first-order valence-electron chi connectivity index (χ1n) is 6.62. The molecule has 21 heavy (non-hydrogen) atoms. The Morgan fingerprint density at radius 3 is 2.14 bits per heavy atom. The average Bonchev–Trinajstić information content (AvgIpc) is 2.35. The molecule has 1 rings (SSSR count). The Morgan fingerprint density at radius 2 is 1.67 bits per heavy atom. The molecule has 6 nitrogen and oxygen atoms in total. The van der Waals surface area contributed by atoms with Crippen LogP contribution < -0.4 is 10.0 Å². The van der Waals surface area contributed by atoms with Crippen molar-refractivity contribution in [1.82, 2.24) is 4.72 Å². The molecule has 0 radical (unpaired) electrons. The van der Waals surface area contributed by atoms with Crippen LogP contribution in [-0.2, 0) is 19.6 Å². The third kappa shape index (κ3) is 6.05. The Balaban J connectivity index is 2.70. The molecule has 7 heteroatoms. The predicted molar refractivity (Wildman–Crippen MR) is 80.4 cm³/mol. The highest BCUT2D eigenvalue weighted by molar-refractivity contribution is 7.89. The van der Waals surface area contributed by atoms with E-state index >= 15 is 0 Å². The fraction of sp³-hybridized carbons (Fsp3) is 0.429. The molecule has 0 aromatic heterocycles. The molecule has 1 amide bonds. The molecule has 0 bridgehead atoms. The first-order valence-corrected chi connectivity index (χ1v) is 8.10. The number of hydrogen-bond donors (Lipinski definition) is 2. The Hall–Kier alpha value is -1.73. The Bertz CT molecular complexity index is 606. The molecule has 0 heterocycles. The second-order valence-corrected chi connectivity index (χ2v) is 6.76. The van der Waals surface area contributed by atoms with Gasteiger partial charge in [-0.1, -0.05) is 0 Å². The molecular formula is C14H20N2O4S. The number of carbonyl (C=O) groups is 2. The number of nitrogens with one attached hydrogen (secondary N) is 2. The van der Waals surface area contributed by atoms with Gasteiger partial charge in [-0.05, 0) is 45.0 Å². The van der Waals surface area contributed by atoms with E-state index < -0.39 is 10.0 Å². The van der Waals surface area contributed by atoms with Crippen LogP contribution in [0.4, 0.5) is 5.69 Å². The van der Waals surface area contributed by atoms with Crippen molar-refractivity contribution < 1.29 is 18.0 Å². The van der Waals surface area contributed by atoms with E-state index in [2.05, 4.69) is 10.0 Å². The average molecular weight is 312 g/mol. The van der Waals surface area contributed by atoms with Gasteiger partial charge in [0.1, 0.15) is 5.78 Å². The van der Waals surface area contributed by atoms with E-state index in [-0.39, 0.29) is 35.5 Å². The van der Waals surface area contributed by atoms with Gasteiger partial charge in [0, 0.05) is 24.6 Å². The lowest BCUT2D eigenvalue weighted by Crippen LogP contribution is -2.30. The maximum absolute atomic E-state index is 11.9. The molecule has 0 saturated carbocycles. The number of sulfonamides is 1. The molecule has 116 valence electrons. The smallest absolute Gasteiger partial charge is 0.240 e. The molecule has 0 saturated heterocycles. The van der Waals surface area contributed by atoms with Crippen LogP contribution in [0, 0.1) is 0 Å². The van der Waals surface area contributed by atoms with Gasteiger partial charge in [0.2, 0.25) is 15.9 Å². The summed E-state index contributed by atoms with van der Waals surface area (Å²) in [6.07, 6.45) is 0.306. The molecule has 0 aliphatic carbocycles. The van der Waals surface area contributed by atoms with Crippen molar-refractivity contribution in [1.29, 1.82) is 0 Å². The summed E-state index contributed by atoms with van der Waals surface area (Å²) in [4.78, 5) is 22.5. The predicted octanol–water partition coefficient (Wildman–Crippen LogP) is 1.68. The van der Waals surface area contributed by atoms with Crippen molar-refractivity contribution >= 4 is 27.4 Å². The zero-order chi connectivity index (χ0) is 16.0. The highest BCUT2D eigenvalue weighted by atomic mass is 32.2. The van der Waals surface area contributed by atoms with Crippen molar-refractivity contribution in [3.8, 4) is 0 Å². The Morgan fingerprint density at radius 1 is 1.10 bits per heavy atom.